The second-order valence-electron chi connectivity index (χ2n) is 6.23. The van der Waals surface area contributed by atoms with E-state index in [0.717, 1.165) is 38.9 Å². The van der Waals surface area contributed by atoms with Crippen LogP contribution in [0.1, 0.15) is 43.0 Å². The van der Waals surface area contributed by atoms with Crippen LogP contribution in [0, 0.1) is 17.2 Å². The number of nitriles is 1. The van der Waals surface area contributed by atoms with Gasteiger partial charge in [-0.15, -0.1) is 0 Å². The highest BCUT2D eigenvalue weighted by molar-refractivity contribution is 5.95. The number of rotatable bonds is 7. The number of nitrogens with zero attached hydrogens (tertiary/aromatic N) is 2. The number of hydrogen-bond donors (Lipinski definition) is 1. The highest BCUT2D eigenvalue weighted by Gasteiger charge is 2.24. The summed E-state index contributed by atoms with van der Waals surface area (Å²) in [5, 5.41) is 11.5. The standard InChI is InChI=1S/C19H25N3O3/c1-2-13-25-19(24)16-5-3-6-17(14-16)21-18(23)15-7-11-22(12-8-15)10-4-9-20/h3,5-6,14-15H,2,4,7-8,10-13H2,1H3,(H,21,23). The van der Waals surface area contributed by atoms with Crippen molar-refractivity contribution in [2.75, 3.05) is 31.6 Å². The van der Waals surface area contributed by atoms with Crippen LogP contribution in [-0.4, -0.2) is 43.0 Å². The van der Waals surface area contributed by atoms with Gasteiger partial charge in [-0.25, -0.2) is 4.79 Å². The lowest BCUT2D eigenvalue weighted by Gasteiger charge is -2.30. The van der Waals surface area contributed by atoms with Crippen molar-refractivity contribution in [3.05, 3.63) is 29.8 Å². The second-order valence-corrected chi connectivity index (χ2v) is 6.23. The van der Waals surface area contributed by atoms with Crippen molar-refractivity contribution in [1.82, 2.24) is 4.90 Å². The van der Waals surface area contributed by atoms with Gasteiger partial charge in [0.15, 0.2) is 0 Å². The molecule has 134 valence electrons. The molecule has 0 aromatic heterocycles. The molecule has 0 aliphatic carbocycles. The van der Waals surface area contributed by atoms with Crippen LogP contribution in [0.25, 0.3) is 0 Å². The minimum atomic E-state index is -0.372. The van der Waals surface area contributed by atoms with Crippen LogP contribution in [0.5, 0.6) is 0 Å². The summed E-state index contributed by atoms with van der Waals surface area (Å²) in [7, 11) is 0. The van der Waals surface area contributed by atoms with Crippen molar-refractivity contribution in [2.24, 2.45) is 5.92 Å². The first-order valence-electron chi connectivity index (χ1n) is 8.81. The van der Waals surface area contributed by atoms with Crippen molar-refractivity contribution in [1.29, 1.82) is 5.26 Å². The molecule has 0 radical (unpaired) electrons. The summed E-state index contributed by atoms with van der Waals surface area (Å²) < 4.78 is 5.12. The van der Waals surface area contributed by atoms with Crippen LogP contribution in [0.4, 0.5) is 5.69 Å². The van der Waals surface area contributed by atoms with Crippen LogP contribution in [-0.2, 0) is 9.53 Å². The monoisotopic (exact) mass is 343 g/mol. The van der Waals surface area contributed by atoms with E-state index in [4.69, 9.17) is 10.00 Å². The van der Waals surface area contributed by atoms with Crippen LogP contribution < -0.4 is 5.32 Å². The van der Waals surface area contributed by atoms with Crippen molar-refractivity contribution >= 4 is 17.6 Å². The molecule has 0 bridgehead atoms. The Morgan fingerprint density at radius 1 is 1.36 bits per heavy atom. The SMILES string of the molecule is CCCOC(=O)c1cccc(NC(=O)C2CCN(CCC#N)CC2)c1. The average molecular weight is 343 g/mol. The number of anilines is 1. The molecular weight excluding hydrogens is 318 g/mol. The Hall–Kier alpha value is -2.39. The Morgan fingerprint density at radius 2 is 2.12 bits per heavy atom. The maximum Gasteiger partial charge on any atom is 0.338 e. The Morgan fingerprint density at radius 3 is 2.80 bits per heavy atom. The van der Waals surface area contributed by atoms with Gasteiger partial charge in [0.25, 0.3) is 0 Å². The van der Waals surface area contributed by atoms with Gasteiger partial charge in [-0.2, -0.15) is 5.26 Å². The predicted molar refractivity (Wildman–Crippen MR) is 95.0 cm³/mol. The maximum absolute atomic E-state index is 12.4. The van der Waals surface area contributed by atoms with Crippen LogP contribution in [0.3, 0.4) is 0 Å². The van der Waals surface area contributed by atoms with E-state index in [1.807, 2.05) is 6.92 Å². The lowest BCUT2D eigenvalue weighted by molar-refractivity contribution is -0.121. The van der Waals surface area contributed by atoms with E-state index >= 15 is 0 Å². The molecule has 6 heteroatoms. The molecule has 25 heavy (non-hydrogen) atoms. The number of esters is 1. The Bertz CT molecular complexity index is 631. The first-order valence-corrected chi connectivity index (χ1v) is 8.81. The molecule has 1 heterocycles. The number of likely N-dealkylation sites (tertiary alicyclic amines) is 1. The van der Waals surface area contributed by atoms with Gasteiger partial charge in [0.05, 0.1) is 18.2 Å². The number of nitrogens with one attached hydrogen (secondary N) is 1. The van der Waals surface area contributed by atoms with Gasteiger partial charge < -0.3 is 15.0 Å². The normalized spacial score (nSPS) is 15.4. The van der Waals surface area contributed by atoms with Gasteiger partial charge >= 0.3 is 5.97 Å². The van der Waals surface area contributed by atoms with E-state index in [9.17, 15) is 9.59 Å². The fourth-order valence-corrected chi connectivity index (χ4v) is 2.87. The largest absolute Gasteiger partial charge is 0.462 e. The molecule has 0 atom stereocenters. The molecule has 0 unspecified atom stereocenters. The number of ether oxygens (including phenoxy) is 1. The smallest absolute Gasteiger partial charge is 0.338 e. The van der Waals surface area contributed by atoms with E-state index in [1.165, 1.54) is 0 Å². The molecule has 1 aromatic carbocycles. The number of hydrogen-bond acceptors (Lipinski definition) is 5. The summed E-state index contributed by atoms with van der Waals surface area (Å²) in [6.07, 6.45) is 2.87. The minimum absolute atomic E-state index is 0.0148. The molecule has 2 rings (SSSR count). The average Bonchev–Trinajstić information content (AvgIpc) is 2.65. The summed E-state index contributed by atoms with van der Waals surface area (Å²) in [6.45, 7) is 4.77. The maximum atomic E-state index is 12.4. The van der Waals surface area contributed by atoms with Crippen LogP contribution in [0.2, 0.25) is 0 Å². The highest BCUT2D eigenvalue weighted by atomic mass is 16.5. The van der Waals surface area contributed by atoms with Crippen LogP contribution in [0.15, 0.2) is 24.3 Å². The summed E-state index contributed by atoms with van der Waals surface area (Å²) in [6, 6.07) is 9.00. The molecule has 1 saturated heterocycles. The van der Waals surface area contributed by atoms with Gasteiger partial charge in [-0.05, 0) is 50.6 Å². The topological polar surface area (TPSA) is 82.4 Å². The van der Waals surface area contributed by atoms with Gasteiger partial charge in [0, 0.05) is 24.6 Å². The Balaban J connectivity index is 1.87. The van der Waals surface area contributed by atoms with Gasteiger partial charge in [-0.1, -0.05) is 13.0 Å². The van der Waals surface area contributed by atoms with Crippen molar-refractivity contribution < 1.29 is 14.3 Å². The number of carbonyl (C=O) groups is 2. The first-order chi connectivity index (χ1) is 12.1. The van der Waals surface area contributed by atoms with Gasteiger partial charge in [0.2, 0.25) is 5.91 Å². The highest BCUT2D eigenvalue weighted by Crippen LogP contribution is 2.20. The summed E-state index contributed by atoms with van der Waals surface area (Å²) in [5.41, 5.74) is 1.06. The van der Waals surface area contributed by atoms with Crippen molar-refractivity contribution in [2.45, 2.75) is 32.6 Å². The molecule has 0 saturated carbocycles. The zero-order valence-corrected chi connectivity index (χ0v) is 14.7. The van der Waals surface area contributed by atoms with Crippen molar-refractivity contribution in [3.8, 4) is 6.07 Å². The number of amides is 1. The lowest BCUT2D eigenvalue weighted by Crippen LogP contribution is -2.38. The molecule has 1 aliphatic rings. The molecule has 1 aliphatic heterocycles. The summed E-state index contributed by atoms with van der Waals surface area (Å²) in [4.78, 5) is 26.6. The Kier molecular flexibility index (Phi) is 7.42. The molecule has 0 spiro atoms. The molecular formula is C19H25N3O3. The third-order valence-corrected chi connectivity index (χ3v) is 4.30. The van der Waals surface area contributed by atoms with E-state index in [1.54, 1.807) is 24.3 Å². The predicted octanol–water partition coefficient (Wildman–Crippen LogP) is 2.82. The van der Waals surface area contributed by atoms with E-state index in [2.05, 4.69) is 16.3 Å². The lowest BCUT2D eigenvalue weighted by atomic mass is 9.95. The molecule has 1 aromatic rings. The third-order valence-electron chi connectivity index (χ3n) is 4.30. The molecule has 6 nitrogen and oxygen atoms in total. The first kappa shape index (κ1) is 18.9. The number of benzene rings is 1. The molecule has 1 fully saturated rings. The fraction of sp³-hybridized carbons (Fsp3) is 0.526. The summed E-state index contributed by atoms with van der Waals surface area (Å²) in [5.74, 6) is -0.420. The number of piperidine rings is 1. The van der Waals surface area contributed by atoms with E-state index in [0.29, 0.717) is 24.3 Å². The van der Waals surface area contributed by atoms with Crippen LogP contribution >= 0.6 is 0 Å². The van der Waals surface area contributed by atoms with Crippen molar-refractivity contribution in [3.63, 3.8) is 0 Å². The quantitative estimate of drug-likeness (QED) is 0.770. The third kappa shape index (κ3) is 5.87. The van der Waals surface area contributed by atoms with Gasteiger partial charge in [0.1, 0.15) is 0 Å². The van der Waals surface area contributed by atoms with E-state index in [-0.39, 0.29) is 17.8 Å². The second kappa shape index (κ2) is 9.80. The van der Waals surface area contributed by atoms with E-state index < -0.39 is 0 Å². The fourth-order valence-electron chi connectivity index (χ4n) is 2.87. The summed E-state index contributed by atoms with van der Waals surface area (Å²) >= 11 is 0. The minimum Gasteiger partial charge on any atom is -0.462 e. The molecule has 1 N–H and O–H groups in total. The zero-order chi connectivity index (χ0) is 18.1. The zero-order valence-electron chi connectivity index (χ0n) is 14.7. The number of carbonyl (C=O) groups excluding carboxylic acids is 2. The Labute approximate surface area is 148 Å². The molecule has 1 amide bonds. The van der Waals surface area contributed by atoms with Gasteiger partial charge in [-0.3, -0.25) is 4.79 Å².